The first-order chi connectivity index (χ1) is 9.79. The van der Waals surface area contributed by atoms with Crippen LogP contribution in [0.2, 0.25) is 0 Å². The third-order valence-corrected chi connectivity index (χ3v) is 4.32. The first-order valence-electron chi connectivity index (χ1n) is 7.96. The normalized spacial score (nSPS) is 21.1. The fraction of sp³-hybridized carbons (Fsp3) is 0.647. The lowest BCUT2D eigenvalue weighted by Gasteiger charge is -2.31. The summed E-state index contributed by atoms with van der Waals surface area (Å²) >= 11 is 0. The summed E-state index contributed by atoms with van der Waals surface area (Å²) in [4.78, 5) is 5.12. The smallest absolute Gasteiger partial charge is 0.0236 e. The largest absolute Gasteiger partial charge is 0.330 e. The van der Waals surface area contributed by atoms with E-state index in [2.05, 4.69) is 47.2 Å². The van der Waals surface area contributed by atoms with Crippen LogP contribution in [0.25, 0.3) is 0 Å². The van der Waals surface area contributed by atoms with Gasteiger partial charge in [0.05, 0.1) is 0 Å². The second kappa shape index (κ2) is 8.40. The molecule has 3 nitrogen and oxygen atoms in total. The van der Waals surface area contributed by atoms with Gasteiger partial charge in [-0.25, -0.2) is 0 Å². The molecule has 2 N–H and O–H groups in total. The van der Waals surface area contributed by atoms with Gasteiger partial charge in [0.25, 0.3) is 0 Å². The molecule has 2 rings (SSSR count). The number of nitrogens with two attached hydrogens (primary N) is 1. The second-order valence-electron chi connectivity index (χ2n) is 5.99. The zero-order chi connectivity index (χ0) is 14.2. The van der Waals surface area contributed by atoms with E-state index in [0.717, 1.165) is 26.1 Å². The van der Waals surface area contributed by atoms with Crippen molar-refractivity contribution in [3.63, 3.8) is 0 Å². The van der Waals surface area contributed by atoms with Gasteiger partial charge in [-0.3, -0.25) is 4.90 Å². The van der Waals surface area contributed by atoms with Gasteiger partial charge in [0.2, 0.25) is 0 Å². The molecular formula is C17H29N3. The van der Waals surface area contributed by atoms with Crippen LogP contribution in [0, 0.1) is 0 Å². The topological polar surface area (TPSA) is 32.5 Å². The highest BCUT2D eigenvalue weighted by Gasteiger charge is 2.21. The average molecular weight is 275 g/mol. The van der Waals surface area contributed by atoms with E-state index in [4.69, 9.17) is 5.73 Å². The minimum atomic E-state index is 0.715. The Morgan fingerprint density at radius 2 is 2.00 bits per heavy atom. The summed E-state index contributed by atoms with van der Waals surface area (Å²) in [5.74, 6) is 0. The Bertz CT molecular complexity index is 366. The maximum absolute atomic E-state index is 5.72. The molecule has 0 amide bonds. The third kappa shape index (κ3) is 4.89. The summed E-state index contributed by atoms with van der Waals surface area (Å²) in [7, 11) is 2.24. The van der Waals surface area contributed by atoms with Gasteiger partial charge >= 0.3 is 0 Å². The lowest BCUT2D eigenvalue weighted by atomic mass is 10.1. The van der Waals surface area contributed by atoms with Crippen LogP contribution in [0.4, 0.5) is 0 Å². The van der Waals surface area contributed by atoms with Crippen molar-refractivity contribution in [2.24, 2.45) is 5.73 Å². The average Bonchev–Trinajstić information content (AvgIpc) is 2.69. The van der Waals surface area contributed by atoms with E-state index in [1.54, 1.807) is 0 Å². The molecule has 1 saturated heterocycles. The van der Waals surface area contributed by atoms with E-state index in [9.17, 15) is 0 Å². The summed E-state index contributed by atoms with van der Waals surface area (Å²) < 4.78 is 0. The molecule has 1 atom stereocenters. The van der Waals surface area contributed by atoms with Crippen LogP contribution in [0.5, 0.6) is 0 Å². The van der Waals surface area contributed by atoms with Crippen molar-refractivity contribution in [3.05, 3.63) is 35.9 Å². The molecule has 1 aromatic rings. The van der Waals surface area contributed by atoms with Crippen molar-refractivity contribution in [1.82, 2.24) is 9.80 Å². The molecule has 1 unspecified atom stereocenters. The number of rotatable bonds is 6. The number of benzene rings is 1. The molecule has 0 aliphatic carbocycles. The quantitative estimate of drug-likeness (QED) is 0.865. The van der Waals surface area contributed by atoms with Gasteiger partial charge in [0.1, 0.15) is 0 Å². The molecule has 0 radical (unpaired) electrons. The molecule has 0 aromatic heterocycles. The van der Waals surface area contributed by atoms with Gasteiger partial charge in [-0.05, 0) is 64.5 Å². The van der Waals surface area contributed by atoms with E-state index < -0.39 is 0 Å². The lowest BCUT2D eigenvalue weighted by molar-refractivity contribution is 0.169. The first kappa shape index (κ1) is 15.5. The van der Waals surface area contributed by atoms with Crippen molar-refractivity contribution in [3.8, 4) is 0 Å². The predicted molar refractivity (Wildman–Crippen MR) is 85.7 cm³/mol. The highest BCUT2D eigenvalue weighted by Crippen LogP contribution is 2.19. The maximum Gasteiger partial charge on any atom is 0.0236 e. The highest BCUT2D eigenvalue weighted by molar-refractivity contribution is 5.14. The Morgan fingerprint density at radius 1 is 1.20 bits per heavy atom. The molecule has 0 saturated carbocycles. The van der Waals surface area contributed by atoms with Crippen LogP contribution in [-0.4, -0.2) is 49.1 Å². The van der Waals surface area contributed by atoms with E-state index in [1.165, 1.54) is 37.9 Å². The zero-order valence-corrected chi connectivity index (χ0v) is 12.8. The predicted octanol–water partition coefficient (Wildman–Crippen LogP) is 2.32. The van der Waals surface area contributed by atoms with E-state index in [-0.39, 0.29) is 0 Å². The fourth-order valence-electron chi connectivity index (χ4n) is 3.09. The Labute approximate surface area is 123 Å². The van der Waals surface area contributed by atoms with Crippen LogP contribution in [0.15, 0.2) is 30.3 Å². The van der Waals surface area contributed by atoms with Crippen LogP contribution >= 0.6 is 0 Å². The Balaban J connectivity index is 1.98. The Kier molecular flexibility index (Phi) is 6.51. The van der Waals surface area contributed by atoms with Crippen LogP contribution in [0.1, 0.15) is 31.2 Å². The second-order valence-corrected chi connectivity index (χ2v) is 5.99. The van der Waals surface area contributed by atoms with E-state index in [1.807, 2.05) is 0 Å². The minimum Gasteiger partial charge on any atom is -0.330 e. The molecule has 1 aromatic carbocycles. The molecule has 0 spiro atoms. The molecule has 0 bridgehead atoms. The van der Waals surface area contributed by atoms with Crippen LogP contribution in [0.3, 0.4) is 0 Å². The van der Waals surface area contributed by atoms with Gasteiger partial charge < -0.3 is 10.6 Å². The number of hydrogen-bond acceptors (Lipinski definition) is 3. The molecule has 1 aliphatic heterocycles. The van der Waals surface area contributed by atoms with Gasteiger partial charge in [-0.2, -0.15) is 0 Å². The lowest BCUT2D eigenvalue weighted by Crippen LogP contribution is -2.37. The summed E-state index contributed by atoms with van der Waals surface area (Å²) in [6, 6.07) is 11.5. The number of hydrogen-bond donors (Lipinski definition) is 1. The van der Waals surface area contributed by atoms with Crippen LogP contribution < -0.4 is 5.73 Å². The molecule has 112 valence electrons. The molecule has 3 heteroatoms. The van der Waals surface area contributed by atoms with Crippen molar-refractivity contribution in [1.29, 1.82) is 0 Å². The maximum atomic E-state index is 5.72. The van der Waals surface area contributed by atoms with Crippen molar-refractivity contribution in [2.75, 3.05) is 33.2 Å². The minimum absolute atomic E-state index is 0.715. The van der Waals surface area contributed by atoms with Gasteiger partial charge in [-0.15, -0.1) is 0 Å². The number of nitrogens with zero attached hydrogens (tertiary/aromatic N) is 2. The highest BCUT2D eigenvalue weighted by atomic mass is 15.2. The van der Waals surface area contributed by atoms with Gasteiger partial charge in [-0.1, -0.05) is 30.3 Å². The molecule has 1 heterocycles. The summed E-state index contributed by atoms with van der Waals surface area (Å²) in [6.07, 6.45) is 5.02. The Morgan fingerprint density at radius 3 is 2.75 bits per heavy atom. The third-order valence-electron chi connectivity index (χ3n) is 4.32. The fourth-order valence-corrected chi connectivity index (χ4v) is 3.09. The standard InChI is InChI=1S/C17H29N3/c1-19-12-5-9-17(10-14-19)20(13-6-11-18)15-16-7-3-2-4-8-16/h2-4,7-8,17H,5-6,9-15,18H2,1H3. The molecule has 1 fully saturated rings. The van der Waals surface area contributed by atoms with Gasteiger partial charge in [0, 0.05) is 12.6 Å². The monoisotopic (exact) mass is 275 g/mol. The molecule has 20 heavy (non-hydrogen) atoms. The summed E-state index contributed by atoms with van der Waals surface area (Å²) in [5, 5.41) is 0. The molecular weight excluding hydrogens is 246 g/mol. The first-order valence-corrected chi connectivity index (χ1v) is 7.96. The van der Waals surface area contributed by atoms with E-state index in [0.29, 0.717) is 6.04 Å². The zero-order valence-electron chi connectivity index (χ0n) is 12.8. The van der Waals surface area contributed by atoms with E-state index >= 15 is 0 Å². The SMILES string of the molecule is CN1CCCC(N(CCCN)Cc2ccccc2)CC1. The van der Waals surface area contributed by atoms with Crippen molar-refractivity contribution < 1.29 is 0 Å². The Hall–Kier alpha value is -0.900. The summed E-state index contributed by atoms with van der Waals surface area (Å²) in [6.45, 7) is 5.44. The summed E-state index contributed by atoms with van der Waals surface area (Å²) in [5.41, 5.74) is 7.14. The van der Waals surface area contributed by atoms with Crippen molar-refractivity contribution >= 4 is 0 Å². The molecule has 1 aliphatic rings. The number of likely N-dealkylation sites (tertiary alicyclic amines) is 1. The van der Waals surface area contributed by atoms with Crippen LogP contribution in [-0.2, 0) is 6.54 Å². The van der Waals surface area contributed by atoms with Crippen molar-refractivity contribution in [2.45, 2.75) is 38.3 Å². The van der Waals surface area contributed by atoms with Gasteiger partial charge in [0.15, 0.2) is 0 Å².